The maximum Gasteiger partial charge on any atom is 0.193 e. The van der Waals surface area contributed by atoms with Crippen molar-refractivity contribution >= 4 is 39.8 Å². The summed E-state index contributed by atoms with van der Waals surface area (Å²) in [7, 11) is -1.30. The molecule has 0 saturated carbocycles. The van der Waals surface area contributed by atoms with E-state index in [1.54, 1.807) is 12.1 Å². The number of nitrogens with one attached hydrogen (secondary N) is 1. The summed E-state index contributed by atoms with van der Waals surface area (Å²) < 4.78 is 23.1. The molecule has 0 amide bonds. The van der Waals surface area contributed by atoms with Crippen LogP contribution in [0.3, 0.4) is 0 Å². The topological polar surface area (TPSA) is 65.0 Å². The minimum absolute atomic E-state index is 0. The molecule has 0 bridgehead atoms. The number of halogens is 1. The van der Waals surface area contributed by atoms with E-state index in [4.69, 9.17) is 0 Å². The highest BCUT2D eigenvalue weighted by atomic mass is 127. The van der Waals surface area contributed by atoms with Crippen molar-refractivity contribution in [1.82, 2.24) is 15.1 Å². The number of hydrogen-bond donors (Lipinski definition) is 1. The lowest BCUT2D eigenvalue weighted by Gasteiger charge is -2.24. The van der Waals surface area contributed by atoms with Gasteiger partial charge in [-0.15, -0.1) is 24.0 Å². The Bertz CT molecular complexity index is 718. The summed E-state index contributed by atoms with van der Waals surface area (Å²) >= 11 is 0. The molecule has 1 aromatic rings. The lowest BCUT2D eigenvalue weighted by molar-refractivity contribution is 0.255. The molecule has 1 unspecified atom stereocenters. The van der Waals surface area contributed by atoms with E-state index in [2.05, 4.69) is 34.0 Å². The van der Waals surface area contributed by atoms with Crippen LogP contribution in [-0.4, -0.2) is 76.7 Å². The quantitative estimate of drug-likeness (QED) is 0.323. The van der Waals surface area contributed by atoms with Crippen molar-refractivity contribution in [3.63, 3.8) is 0 Å². The van der Waals surface area contributed by atoms with Crippen LogP contribution in [0.25, 0.3) is 0 Å². The second kappa shape index (κ2) is 12.0. The van der Waals surface area contributed by atoms with Crippen molar-refractivity contribution in [2.24, 2.45) is 10.9 Å². The lowest BCUT2D eigenvalue weighted by atomic mass is 10.1. The summed E-state index contributed by atoms with van der Waals surface area (Å²) in [4.78, 5) is 9.65. The zero-order chi connectivity index (χ0) is 19.9. The Hall–Kier alpha value is -0.870. The third-order valence-electron chi connectivity index (χ3n) is 5.26. The summed E-state index contributed by atoms with van der Waals surface area (Å²) in [5.74, 6) is 1.66. The monoisotopic (exact) mass is 522 g/mol. The fourth-order valence-electron chi connectivity index (χ4n) is 3.58. The van der Waals surface area contributed by atoms with Crippen LogP contribution < -0.4 is 5.32 Å². The van der Waals surface area contributed by atoms with Crippen molar-refractivity contribution in [3.05, 3.63) is 29.8 Å². The molecule has 0 spiro atoms. The first kappa shape index (κ1) is 25.2. The Morgan fingerprint density at radius 3 is 2.43 bits per heavy atom. The van der Waals surface area contributed by atoms with E-state index in [1.165, 1.54) is 12.7 Å². The first-order valence-electron chi connectivity index (χ1n) is 9.84. The van der Waals surface area contributed by atoms with Crippen LogP contribution in [-0.2, 0) is 16.3 Å². The summed E-state index contributed by atoms with van der Waals surface area (Å²) in [6, 6.07) is 7.13. The number of sulfone groups is 1. The van der Waals surface area contributed by atoms with Gasteiger partial charge in [0.05, 0.1) is 4.90 Å². The maximum absolute atomic E-state index is 11.5. The normalized spacial score (nSPS) is 17.7. The smallest absolute Gasteiger partial charge is 0.193 e. The SMILES string of the molecule is CCN(CC)CC1CCN(C(=NC)NCCc2ccc(S(C)(=O)=O)cc2)C1.I. The predicted octanol–water partition coefficient (Wildman–Crippen LogP) is 2.49. The fraction of sp³-hybridized carbons (Fsp3) is 0.650. The minimum atomic E-state index is -3.13. The number of benzene rings is 1. The molecule has 160 valence electrons. The van der Waals surface area contributed by atoms with Gasteiger partial charge in [-0.25, -0.2) is 8.42 Å². The van der Waals surface area contributed by atoms with E-state index < -0.39 is 9.84 Å². The molecule has 1 aromatic carbocycles. The highest BCUT2D eigenvalue weighted by molar-refractivity contribution is 14.0. The predicted molar refractivity (Wildman–Crippen MR) is 128 cm³/mol. The number of guanidine groups is 1. The molecule has 1 aliphatic heterocycles. The van der Waals surface area contributed by atoms with Gasteiger partial charge in [0, 0.05) is 39.5 Å². The van der Waals surface area contributed by atoms with Crippen molar-refractivity contribution < 1.29 is 8.42 Å². The molecule has 0 aliphatic carbocycles. The molecule has 1 heterocycles. The molecule has 1 atom stereocenters. The fourth-order valence-corrected chi connectivity index (χ4v) is 4.21. The highest BCUT2D eigenvalue weighted by Crippen LogP contribution is 2.17. The summed E-state index contributed by atoms with van der Waals surface area (Å²) in [6.07, 6.45) is 3.28. The number of rotatable bonds is 8. The van der Waals surface area contributed by atoms with Crippen molar-refractivity contribution in [3.8, 4) is 0 Å². The first-order valence-corrected chi connectivity index (χ1v) is 11.7. The minimum Gasteiger partial charge on any atom is -0.356 e. The number of nitrogens with zero attached hydrogens (tertiary/aromatic N) is 3. The molecule has 1 fully saturated rings. The van der Waals surface area contributed by atoms with E-state index in [-0.39, 0.29) is 24.0 Å². The summed E-state index contributed by atoms with van der Waals surface area (Å²) in [5, 5.41) is 3.45. The Morgan fingerprint density at radius 2 is 1.89 bits per heavy atom. The lowest BCUT2D eigenvalue weighted by Crippen LogP contribution is -2.41. The molecule has 1 aliphatic rings. The van der Waals surface area contributed by atoms with Crippen molar-refractivity contribution in [2.45, 2.75) is 31.6 Å². The molecular weight excluding hydrogens is 487 g/mol. The Labute approximate surface area is 187 Å². The number of hydrogen-bond acceptors (Lipinski definition) is 4. The van der Waals surface area contributed by atoms with Gasteiger partial charge in [-0.05, 0) is 49.5 Å². The van der Waals surface area contributed by atoms with E-state index in [0.29, 0.717) is 10.8 Å². The van der Waals surface area contributed by atoms with E-state index in [0.717, 1.165) is 57.2 Å². The first-order chi connectivity index (χ1) is 12.9. The molecule has 1 N–H and O–H groups in total. The summed E-state index contributed by atoms with van der Waals surface area (Å²) in [5.41, 5.74) is 1.12. The standard InChI is InChI=1S/C20H34N4O2S.HI/c1-5-23(6-2)15-18-12-14-24(16-18)20(21-3)22-13-11-17-7-9-19(10-8-17)27(4,25)26;/h7-10,18H,5-6,11-16H2,1-4H3,(H,21,22);1H. The third kappa shape index (κ3) is 7.51. The van der Waals surface area contributed by atoms with Gasteiger partial charge in [-0.2, -0.15) is 0 Å². The van der Waals surface area contributed by atoms with Gasteiger partial charge in [0.15, 0.2) is 15.8 Å². The molecule has 6 nitrogen and oxygen atoms in total. The number of likely N-dealkylation sites (tertiary alicyclic amines) is 1. The molecule has 0 radical (unpaired) electrons. The van der Waals surface area contributed by atoms with Gasteiger partial charge in [0.25, 0.3) is 0 Å². The maximum atomic E-state index is 11.5. The van der Waals surface area contributed by atoms with Gasteiger partial charge < -0.3 is 15.1 Å². The van der Waals surface area contributed by atoms with Crippen LogP contribution in [0.4, 0.5) is 0 Å². The zero-order valence-electron chi connectivity index (χ0n) is 17.5. The third-order valence-corrected chi connectivity index (χ3v) is 6.38. The van der Waals surface area contributed by atoms with Gasteiger partial charge in [-0.1, -0.05) is 26.0 Å². The number of aliphatic imine (C=N–C) groups is 1. The van der Waals surface area contributed by atoms with Crippen LogP contribution in [0.5, 0.6) is 0 Å². The van der Waals surface area contributed by atoms with Crippen LogP contribution in [0.1, 0.15) is 25.8 Å². The van der Waals surface area contributed by atoms with Crippen LogP contribution in [0.2, 0.25) is 0 Å². The highest BCUT2D eigenvalue weighted by Gasteiger charge is 2.25. The van der Waals surface area contributed by atoms with E-state index in [9.17, 15) is 8.42 Å². The van der Waals surface area contributed by atoms with Crippen molar-refractivity contribution in [1.29, 1.82) is 0 Å². The molecule has 2 rings (SSSR count). The van der Waals surface area contributed by atoms with Gasteiger partial charge in [0.1, 0.15) is 0 Å². The zero-order valence-corrected chi connectivity index (χ0v) is 20.7. The molecule has 8 heteroatoms. The molecular formula is C20H35IN4O2S. The molecule has 28 heavy (non-hydrogen) atoms. The van der Waals surface area contributed by atoms with E-state index >= 15 is 0 Å². The second-order valence-corrected chi connectivity index (χ2v) is 9.24. The Kier molecular flexibility index (Phi) is 10.8. The van der Waals surface area contributed by atoms with Gasteiger partial charge in [-0.3, -0.25) is 4.99 Å². The average Bonchev–Trinajstić information content (AvgIpc) is 3.11. The second-order valence-electron chi connectivity index (χ2n) is 7.23. The summed E-state index contributed by atoms with van der Waals surface area (Å²) in [6.45, 7) is 10.7. The largest absolute Gasteiger partial charge is 0.356 e. The van der Waals surface area contributed by atoms with Gasteiger partial charge in [0.2, 0.25) is 0 Å². The van der Waals surface area contributed by atoms with Gasteiger partial charge >= 0.3 is 0 Å². The van der Waals surface area contributed by atoms with Crippen molar-refractivity contribution in [2.75, 3.05) is 52.6 Å². The van der Waals surface area contributed by atoms with Crippen LogP contribution >= 0.6 is 24.0 Å². The average molecular weight is 522 g/mol. The van der Waals surface area contributed by atoms with Crippen LogP contribution in [0, 0.1) is 5.92 Å². The van der Waals surface area contributed by atoms with Crippen LogP contribution in [0.15, 0.2) is 34.2 Å². The Balaban J connectivity index is 0.00000392. The Morgan fingerprint density at radius 1 is 1.25 bits per heavy atom. The van der Waals surface area contributed by atoms with E-state index in [1.807, 2.05) is 19.2 Å². The molecule has 1 saturated heterocycles. The molecule has 0 aromatic heterocycles.